The quantitative estimate of drug-likeness (QED) is 0.474. The molecule has 0 aliphatic heterocycles. The van der Waals surface area contributed by atoms with Crippen LogP contribution in [-0.2, 0) is 11.3 Å². The van der Waals surface area contributed by atoms with Crippen molar-refractivity contribution in [3.8, 4) is 0 Å². The van der Waals surface area contributed by atoms with Crippen molar-refractivity contribution in [3.63, 3.8) is 0 Å². The van der Waals surface area contributed by atoms with E-state index in [9.17, 15) is 19.3 Å². The fourth-order valence-electron chi connectivity index (χ4n) is 2.47. The first-order chi connectivity index (χ1) is 12.9. The molecule has 0 N–H and O–H groups in total. The van der Waals surface area contributed by atoms with Gasteiger partial charge in [-0.05, 0) is 24.3 Å². The van der Waals surface area contributed by atoms with Crippen molar-refractivity contribution < 1.29 is 18.8 Å². The number of methoxy groups -OCH3 is 1. The zero-order valence-electron chi connectivity index (χ0n) is 14.0. The largest absolute Gasteiger partial charge is 0.383 e. The summed E-state index contributed by atoms with van der Waals surface area (Å²) in [6.45, 7) is 0.763. The molecule has 0 atom stereocenters. The smallest absolute Gasteiger partial charge is 0.281 e. The molecule has 2 aromatic carbocycles. The summed E-state index contributed by atoms with van der Waals surface area (Å²) in [6.07, 6.45) is 0. The number of thiazole rings is 1. The minimum Gasteiger partial charge on any atom is -0.383 e. The summed E-state index contributed by atoms with van der Waals surface area (Å²) in [5.74, 6) is -1.19. The molecule has 0 saturated carbocycles. The number of carbonyl (C=O) groups excluding carboxylic acids is 1. The van der Waals surface area contributed by atoms with Gasteiger partial charge in [0.05, 0.1) is 32.3 Å². The van der Waals surface area contributed by atoms with E-state index in [2.05, 4.69) is 4.99 Å². The van der Waals surface area contributed by atoms with Crippen LogP contribution in [0.5, 0.6) is 0 Å². The molecule has 3 rings (SSSR count). The Morgan fingerprint density at radius 2 is 2.15 bits per heavy atom. The number of halogens is 2. The highest BCUT2D eigenvalue weighted by atomic mass is 35.5. The van der Waals surface area contributed by atoms with Crippen LogP contribution >= 0.6 is 22.9 Å². The van der Waals surface area contributed by atoms with Gasteiger partial charge < -0.3 is 9.30 Å². The first-order valence-corrected chi connectivity index (χ1v) is 8.91. The van der Waals surface area contributed by atoms with Crippen LogP contribution in [0.4, 0.5) is 10.1 Å². The zero-order valence-corrected chi connectivity index (χ0v) is 15.6. The summed E-state index contributed by atoms with van der Waals surface area (Å²) in [7, 11) is 1.54. The number of nitrogens with zero attached hydrogens (tertiary/aromatic N) is 3. The molecule has 0 unspecified atom stereocenters. The standard InChI is InChI=1S/C17H13ClFN3O4S/c1-26-7-6-21-14-5-3-11(22(24)25)9-15(14)27-17(21)20-16(23)12-4-2-10(19)8-13(12)18/h2-5,8-9H,6-7H2,1H3. The topological polar surface area (TPSA) is 86.7 Å². The van der Waals surface area contributed by atoms with E-state index in [4.69, 9.17) is 16.3 Å². The highest BCUT2D eigenvalue weighted by Gasteiger charge is 2.14. The van der Waals surface area contributed by atoms with Gasteiger partial charge in [0.2, 0.25) is 0 Å². The number of fused-ring (bicyclic) bond motifs is 1. The lowest BCUT2D eigenvalue weighted by Gasteiger charge is -2.04. The zero-order chi connectivity index (χ0) is 19.6. The van der Waals surface area contributed by atoms with E-state index < -0.39 is 16.6 Å². The van der Waals surface area contributed by atoms with Crippen LogP contribution in [0, 0.1) is 15.9 Å². The third-order valence-corrected chi connectivity index (χ3v) is 5.11. The van der Waals surface area contributed by atoms with Gasteiger partial charge in [0.15, 0.2) is 4.80 Å². The van der Waals surface area contributed by atoms with E-state index in [1.807, 2.05) is 0 Å². The molecule has 0 aliphatic rings. The molecule has 0 radical (unpaired) electrons. The van der Waals surface area contributed by atoms with Crippen molar-refractivity contribution in [1.82, 2.24) is 4.57 Å². The Labute approximate surface area is 161 Å². The molecule has 7 nitrogen and oxygen atoms in total. The SMILES string of the molecule is COCCn1c(=NC(=O)c2ccc(F)cc2Cl)sc2cc([N+](=O)[O-])ccc21. The van der Waals surface area contributed by atoms with Gasteiger partial charge in [-0.1, -0.05) is 22.9 Å². The summed E-state index contributed by atoms with van der Waals surface area (Å²) in [5.41, 5.74) is 0.710. The van der Waals surface area contributed by atoms with Crippen molar-refractivity contribution in [2.45, 2.75) is 6.54 Å². The van der Waals surface area contributed by atoms with Crippen LogP contribution in [0.1, 0.15) is 10.4 Å². The van der Waals surface area contributed by atoms with Gasteiger partial charge in [-0.2, -0.15) is 4.99 Å². The second-order valence-corrected chi connectivity index (χ2v) is 6.90. The first kappa shape index (κ1) is 19.2. The van der Waals surface area contributed by atoms with E-state index in [1.54, 1.807) is 17.7 Å². The Morgan fingerprint density at radius 3 is 2.81 bits per heavy atom. The predicted molar refractivity (Wildman–Crippen MR) is 99.6 cm³/mol. The summed E-state index contributed by atoms with van der Waals surface area (Å²) in [6, 6.07) is 7.85. The monoisotopic (exact) mass is 409 g/mol. The number of amides is 1. The van der Waals surface area contributed by atoms with Crippen molar-refractivity contribution in [3.05, 3.63) is 67.7 Å². The highest BCUT2D eigenvalue weighted by Crippen LogP contribution is 2.24. The molecular formula is C17H13ClFN3O4S. The highest BCUT2D eigenvalue weighted by molar-refractivity contribution is 7.16. The summed E-state index contributed by atoms with van der Waals surface area (Å²) < 4.78 is 20.6. The van der Waals surface area contributed by atoms with Crippen LogP contribution in [0.25, 0.3) is 10.2 Å². The van der Waals surface area contributed by atoms with E-state index in [-0.39, 0.29) is 16.3 Å². The average Bonchev–Trinajstić information content (AvgIpc) is 2.95. The number of ether oxygens (including phenoxy) is 1. The number of non-ortho nitro benzene ring substituents is 1. The molecule has 10 heteroatoms. The fourth-order valence-corrected chi connectivity index (χ4v) is 3.81. The Morgan fingerprint density at radius 1 is 1.37 bits per heavy atom. The maximum Gasteiger partial charge on any atom is 0.281 e. The number of nitro groups is 1. The summed E-state index contributed by atoms with van der Waals surface area (Å²) >= 11 is 7.07. The number of rotatable bonds is 5. The summed E-state index contributed by atoms with van der Waals surface area (Å²) in [5, 5.41) is 11.0. The Bertz CT molecular complexity index is 1110. The van der Waals surface area contributed by atoms with Crippen molar-refractivity contribution in [2.75, 3.05) is 13.7 Å². The molecule has 140 valence electrons. The molecule has 1 heterocycles. The molecule has 1 aromatic heterocycles. The van der Waals surface area contributed by atoms with Crippen molar-refractivity contribution >= 4 is 44.7 Å². The van der Waals surface area contributed by atoms with Gasteiger partial charge >= 0.3 is 0 Å². The van der Waals surface area contributed by atoms with Gasteiger partial charge in [0.1, 0.15) is 5.82 Å². The molecule has 1 amide bonds. The maximum atomic E-state index is 13.2. The Hall–Kier alpha value is -2.62. The van der Waals surface area contributed by atoms with Crippen molar-refractivity contribution in [1.29, 1.82) is 0 Å². The second-order valence-electron chi connectivity index (χ2n) is 5.48. The first-order valence-electron chi connectivity index (χ1n) is 7.71. The molecular weight excluding hydrogens is 397 g/mol. The minimum absolute atomic E-state index is 0.0380. The number of hydrogen-bond acceptors (Lipinski definition) is 5. The second kappa shape index (κ2) is 7.95. The fraction of sp³-hybridized carbons (Fsp3) is 0.176. The molecule has 27 heavy (non-hydrogen) atoms. The summed E-state index contributed by atoms with van der Waals surface area (Å²) in [4.78, 5) is 27.4. The third-order valence-electron chi connectivity index (χ3n) is 3.75. The lowest BCUT2D eigenvalue weighted by molar-refractivity contribution is -0.384. The molecule has 0 saturated heterocycles. The lowest BCUT2D eigenvalue weighted by Crippen LogP contribution is -2.19. The molecule has 0 fully saturated rings. The van der Waals surface area contributed by atoms with Crippen LogP contribution in [0.2, 0.25) is 5.02 Å². The minimum atomic E-state index is -0.632. The number of benzene rings is 2. The van der Waals surface area contributed by atoms with Gasteiger partial charge in [-0.3, -0.25) is 14.9 Å². The molecule has 3 aromatic rings. The van der Waals surface area contributed by atoms with Gasteiger partial charge in [0, 0.05) is 25.8 Å². The Kier molecular flexibility index (Phi) is 5.64. The van der Waals surface area contributed by atoms with Crippen LogP contribution in [-0.4, -0.2) is 29.1 Å². The lowest BCUT2D eigenvalue weighted by atomic mass is 10.2. The average molecular weight is 410 g/mol. The number of hydrogen-bond donors (Lipinski definition) is 0. The number of carbonyl (C=O) groups is 1. The number of nitro benzene ring substituents is 1. The van der Waals surface area contributed by atoms with Crippen LogP contribution < -0.4 is 4.80 Å². The predicted octanol–water partition coefficient (Wildman–Crippen LogP) is 3.79. The number of aromatic nitrogens is 1. The molecule has 0 spiro atoms. The molecule has 0 bridgehead atoms. The molecule has 0 aliphatic carbocycles. The van der Waals surface area contributed by atoms with Gasteiger partial charge in [-0.25, -0.2) is 4.39 Å². The van der Waals surface area contributed by atoms with E-state index >= 15 is 0 Å². The van der Waals surface area contributed by atoms with Crippen molar-refractivity contribution in [2.24, 2.45) is 4.99 Å². The normalized spacial score (nSPS) is 11.9. The Balaban J connectivity index is 2.14. The third kappa shape index (κ3) is 4.05. The van der Waals surface area contributed by atoms with Crippen LogP contribution in [0.15, 0.2) is 41.4 Å². The maximum absolute atomic E-state index is 13.2. The van der Waals surface area contributed by atoms with Crippen LogP contribution in [0.3, 0.4) is 0 Å². The van der Waals surface area contributed by atoms with E-state index in [0.29, 0.717) is 28.2 Å². The van der Waals surface area contributed by atoms with Gasteiger partial charge in [0.25, 0.3) is 11.6 Å². The van der Waals surface area contributed by atoms with E-state index in [1.165, 1.54) is 18.2 Å². The van der Waals surface area contributed by atoms with Gasteiger partial charge in [-0.15, -0.1) is 0 Å². The van der Waals surface area contributed by atoms with E-state index in [0.717, 1.165) is 23.5 Å².